The van der Waals surface area contributed by atoms with Crippen LogP contribution in [0.15, 0.2) is 23.9 Å². The Balaban J connectivity index is 2.85. The first-order valence-electron chi connectivity index (χ1n) is 3.62. The Kier molecular flexibility index (Phi) is 2.86. The van der Waals surface area contributed by atoms with Gasteiger partial charge in [-0.15, -0.1) is 5.26 Å². The third kappa shape index (κ3) is 1.90. The Morgan fingerprint density at radius 2 is 2.36 bits per heavy atom. The van der Waals surface area contributed by atoms with Crippen molar-refractivity contribution in [2.75, 3.05) is 0 Å². The van der Waals surface area contributed by atoms with Gasteiger partial charge in [-0.1, -0.05) is 0 Å². The second-order valence-electron chi connectivity index (χ2n) is 2.40. The third-order valence-corrected chi connectivity index (χ3v) is 1.57. The van der Waals surface area contributed by atoms with E-state index in [1.54, 1.807) is 0 Å². The number of ether oxygens (including phenoxy) is 1. The van der Waals surface area contributed by atoms with Gasteiger partial charge in [0.25, 0.3) is 6.26 Å². The predicted molar refractivity (Wildman–Crippen MR) is 43.5 cm³/mol. The molecule has 1 heterocycles. The summed E-state index contributed by atoms with van der Waals surface area (Å²) in [6.07, 6.45) is 5.30. The minimum Gasteiger partial charge on any atom is -0.478 e. The van der Waals surface area contributed by atoms with E-state index >= 15 is 0 Å². The first kappa shape index (κ1) is 9.80. The van der Waals surface area contributed by atoms with Gasteiger partial charge in [-0.25, -0.2) is 9.59 Å². The van der Waals surface area contributed by atoms with E-state index in [0.29, 0.717) is 0 Å². The Labute approximate surface area is 79.1 Å². The molecule has 0 radical (unpaired) electrons. The molecule has 1 rings (SSSR count). The first-order valence-corrected chi connectivity index (χ1v) is 3.62. The molecule has 0 aromatic rings. The van der Waals surface area contributed by atoms with Crippen LogP contribution in [0.4, 0.5) is 0 Å². The van der Waals surface area contributed by atoms with E-state index in [2.05, 4.69) is 10.1 Å². The van der Waals surface area contributed by atoms with E-state index in [1.807, 2.05) is 0 Å². The van der Waals surface area contributed by atoms with Crippen LogP contribution in [0.5, 0.6) is 0 Å². The zero-order valence-electron chi connectivity index (χ0n) is 6.93. The Bertz CT molecular complexity index is 364. The summed E-state index contributed by atoms with van der Waals surface area (Å²) in [5, 5.41) is 19.3. The number of carboxylic acids is 1. The number of dihydropyridines is 1. The van der Waals surface area contributed by atoms with Gasteiger partial charge in [-0.05, 0) is 18.4 Å². The van der Waals surface area contributed by atoms with Crippen molar-refractivity contribution in [3.63, 3.8) is 0 Å². The van der Waals surface area contributed by atoms with Gasteiger partial charge in [0.05, 0.1) is 5.57 Å². The molecule has 0 amide bonds. The van der Waals surface area contributed by atoms with Gasteiger partial charge in [-0.2, -0.15) is 0 Å². The smallest absolute Gasteiger partial charge is 0.348 e. The fraction of sp³-hybridized carbons (Fsp3) is 0.125. The van der Waals surface area contributed by atoms with E-state index < -0.39 is 18.0 Å². The number of allylic oxidation sites excluding steroid dienone is 2. The summed E-state index contributed by atoms with van der Waals surface area (Å²) < 4.78 is 4.03. The van der Waals surface area contributed by atoms with Crippen molar-refractivity contribution in [1.82, 2.24) is 5.32 Å². The number of nitrogens with one attached hydrogen (secondary N) is 1. The highest BCUT2D eigenvalue weighted by Gasteiger charge is 2.29. The summed E-state index contributed by atoms with van der Waals surface area (Å²) in [6.45, 7) is 0. The number of nitrogens with zero attached hydrogens (tertiary/aromatic N) is 1. The van der Waals surface area contributed by atoms with Crippen molar-refractivity contribution in [2.24, 2.45) is 0 Å². The number of aliphatic carboxylic acids is 1. The Hall–Kier alpha value is -2.29. The van der Waals surface area contributed by atoms with Crippen LogP contribution >= 0.6 is 0 Å². The van der Waals surface area contributed by atoms with E-state index in [0.717, 1.165) is 0 Å². The molecule has 6 heteroatoms. The average molecular weight is 194 g/mol. The number of carbonyl (C=O) groups is 2. The van der Waals surface area contributed by atoms with Crippen molar-refractivity contribution in [3.05, 3.63) is 23.9 Å². The van der Waals surface area contributed by atoms with Crippen LogP contribution in [0.1, 0.15) is 0 Å². The SMILES string of the molecule is N#COC(=O)C1NC=CC=C1C(=O)O. The molecule has 2 N–H and O–H groups in total. The number of hydrogen-bond acceptors (Lipinski definition) is 5. The van der Waals surface area contributed by atoms with Gasteiger partial charge in [0, 0.05) is 0 Å². The van der Waals surface area contributed by atoms with Gasteiger partial charge < -0.3 is 15.2 Å². The number of esters is 1. The molecule has 1 aliphatic rings. The van der Waals surface area contributed by atoms with Gasteiger partial charge in [0.15, 0.2) is 6.04 Å². The lowest BCUT2D eigenvalue weighted by Crippen LogP contribution is -2.39. The first-order chi connectivity index (χ1) is 6.66. The van der Waals surface area contributed by atoms with E-state index in [-0.39, 0.29) is 5.57 Å². The van der Waals surface area contributed by atoms with Gasteiger partial charge in [0.2, 0.25) is 0 Å². The maximum absolute atomic E-state index is 11.1. The second kappa shape index (κ2) is 4.09. The summed E-state index contributed by atoms with van der Waals surface area (Å²) in [5.41, 5.74) is -0.159. The highest BCUT2D eigenvalue weighted by Crippen LogP contribution is 2.09. The molecule has 72 valence electrons. The monoisotopic (exact) mass is 194 g/mol. The summed E-state index contributed by atoms with van der Waals surface area (Å²) in [7, 11) is 0. The van der Waals surface area contributed by atoms with E-state index in [9.17, 15) is 9.59 Å². The highest BCUT2D eigenvalue weighted by atomic mass is 16.5. The molecule has 1 unspecified atom stereocenters. The quantitative estimate of drug-likeness (QED) is 0.454. The Morgan fingerprint density at radius 3 is 2.93 bits per heavy atom. The lowest BCUT2D eigenvalue weighted by molar-refractivity contribution is -0.141. The molecule has 1 aliphatic heterocycles. The Morgan fingerprint density at radius 1 is 1.64 bits per heavy atom. The maximum Gasteiger partial charge on any atom is 0.348 e. The van der Waals surface area contributed by atoms with Crippen LogP contribution in [0.2, 0.25) is 0 Å². The van der Waals surface area contributed by atoms with Crippen molar-refractivity contribution >= 4 is 11.9 Å². The number of carbonyl (C=O) groups excluding carboxylic acids is 1. The summed E-state index contributed by atoms with van der Waals surface area (Å²) in [6, 6.07) is -1.13. The minimum absolute atomic E-state index is 0.159. The number of nitriles is 1. The molecule has 0 aromatic carbocycles. The fourth-order valence-electron chi connectivity index (χ4n) is 0.983. The summed E-state index contributed by atoms with van der Waals surface area (Å²) in [4.78, 5) is 21.7. The highest BCUT2D eigenvalue weighted by molar-refractivity contribution is 5.97. The van der Waals surface area contributed by atoms with Crippen molar-refractivity contribution < 1.29 is 19.4 Å². The number of rotatable bonds is 2. The van der Waals surface area contributed by atoms with Gasteiger partial charge in [-0.3, -0.25) is 0 Å². The third-order valence-electron chi connectivity index (χ3n) is 1.57. The van der Waals surface area contributed by atoms with Crippen LogP contribution in [-0.4, -0.2) is 23.1 Å². The normalized spacial score (nSPS) is 18.8. The molecule has 0 aliphatic carbocycles. The largest absolute Gasteiger partial charge is 0.478 e. The summed E-state index contributed by atoms with van der Waals surface area (Å²) in [5.74, 6) is -2.17. The topological polar surface area (TPSA) is 99.4 Å². The lowest BCUT2D eigenvalue weighted by Gasteiger charge is -2.16. The van der Waals surface area contributed by atoms with Crippen LogP contribution in [0.3, 0.4) is 0 Å². The molecular weight excluding hydrogens is 188 g/mol. The van der Waals surface area contributed by atoms with Crippen LogP contribution in [0, 0.1) is 11.5 Å². The molecule has 1 atom stereocenters. The maximum atomic E-state index is 11.1. The van der Waals surface area contributed by atoms with Crippen LogP contribution < -0.4 is 5.32 Å². The molecule has 0 bridgehead atoms. The van der Waals surface area contributed by atoms with Crippen molar-refractivity contribution in [2.45, 2.75) is 6.04 Å². The zero-order valence-corrected chi connectivity index (χ0v) is 6.93. The van der Waals surface area contributed by atoms with Gasteiger partial charge >= 0.3 is 11.9 Å². The van der Waals surface area contributed by atoms with Gasteiger partial charge in [0.1, 0.15) is 0 Å². The molecular formula is C8H6N2O4. The molecule has 0 fully saturated rings. The van der Waals surface area contributed by atoms with Crippen LogP contribution in [0.25, 0.3) is 0 Å². The van der Waals surface area contributed by atoms with Crippen LogP contribution in [-0.2, 0) is 14.3 Å². The van der Waals surface area contributed by atoms with E-state index in [4.69, 9.17) is 10.4 Å². The number of carboxylic acid groups (broad SMARTS) is 1. The second-order valence-corrected chi connectivity index (χ2v) is 2.40. The molecule has 14 heavy (non-hydrogen) atoms. The zero-order chi connectivity index (χ0) is 10.6. The minimum atomic E-state index is -1.23. The molecule has 6 nitrogen and oxygen atoms in total. The fourth-order valence-corrected chi connectivity index (χ4v) is 0.983. The summed E-state index contributed by atoms with van der Waals surface area (Å²) >= 11 is 0. The molecule has 0 saturated carbocycles. The number of hydrogen-bond donors (Lipinski definition) is 2. The molecule has 0 spiro atoms. The lowest BCUT2D eigenvalue weighted by atomic mass is 10.1. The molecule has 0 saturated heterocycles. The van der Waals surface area contributed by atoms with Crippen molar-refractivity contribution in [1.29, 1.82) is 5.26 Å². The van der Waals surface area contributed by atoms with E-state index in [1.165, 1.54) is 24.6 Å². The predicted octanol–water partition coefficient (Wildman–Crippen LogP) is -0.493. The average Bonchev–Trinajstić information content (AvgIpc) is 2.18. The standard InChI is InChI=1S/C8H6N2O4/c9-4-14-8(13)6-5(7(11)12)2-1-3-10-6/h1-3,6,10H,(H,11,12). The molecule has 0 aromatic heterocycles. The van der Waals surface area contributed by atoms with Crippen molar-refractivity contribution in [3.8, 4) is 6.26 Å².